The number of carbonyl (C=O) groups is 2. The van der Waals surface area contributed by atoms with Gasteiger partial charge < -0.3 is 45.1 Å². The van der Waals surface area contributed by atoms with E-state index in [0.29, 0.717) is 19.3 Å². The number of esters is 1. The molecule has 0 bridgehead atoms. The van der Waals surface area contributed by atoms with Crippen LogP contribution in [0.4, 0.5) is 0 Å². The first-order valence-corrected chi connectivity index (χ1v) is 37.5. The quantitative estimate of drug-likeness (QED) is 0.0195. The molecule has 0 radical (unpaired) electrons. The number of aliphatic hydroxyl groups excluding tert-OH is 5. The second-order valence-electron chi connectivity index (χ2n) is 26.4. The van der Waals surface area contributed by atoms with E-state index in [0.717, 1.165) is 57.8 Å². The van der Waals surface area contributed by atoms with Gasteiger partial charge in [-0.05, 0) is 25.7 Å². The average Bonchev–Trinajstić information content (AvgIpc) is 3.08. The molecule has 0 aromatic heterocycles. The van der Waals surface area contributed by atoms with Crippen LogP contribution in [-0.4, -0.2) is 99.6 Å². The Morgan fingerprint density at radius 1 is 0.447 bits per heavy atom. The van der Waals surface area contributed by atoms with Crippen molar-refractivity contribution >= 4 is 11.9 Å². The lowest BCUT2D eigenvalue weighted by Crippen LogP contribution is -2.61. The standard InChI is InChI=1S/C74H143NO10/c1-4-7-10-13-16-19-22-25-27-29-31-33-35-36-38-40-43-46-49-52-55-58-61-67(78)73(82)75-65(66(77)60-57-54-51-48-45-42-24-21-18-15-12-9-6-3)64-83-74-72(71(81)70(80)68(63-76)84-74)85-69(79)62-59-56-53-50-47-44-41-39-37-34-32-30-28-26-23-20-17-14-11-8-5-2/h57,60,65-68,70-72,74,76-78,80-81H,4-56,58-59,61-64H2,1-3H3,(H,75,82)/b60-57+. The summed E-state index contributed by atoms with van der Waals surface area (Å²) in [6, 6.07) is -1.02. The lowest BCUT2D eigenvalue weighted by atomic mass is 9.99. The number of ether oxygens (including phenoxy) is 3. The van der Waals surface area contributed by atoms with Crippen LogP contribution >= 0.6 is 0 Å². The van der Waals surface area contributed by atoms with E-state index in [-0.39, 0.29) is 13.0 Å². The van der Waals surface area contributed by atoms with Gasteiger partial charge in [0.25, 0.3) is 0 Å². The summed E-state index contributed by atoms with van der Waals surface area (Å²) in [4.78, 5) is 26.7. The highest BCUT2D eigenvalue weighted by molar-refractivity contribution is 5.80. The predicted octanol–water partition coefficient (Wildman–Crippen LogP) is 19.4. The van der Waals surface area contributed by atoms with Crippen molar-refractivity contribution in [3.05, 3.63) is 12.2 Å². The largest absolute Gasteiger partial charge is 0.454 e. The number of unbranched alkanes of at least 4 members (excludes halogenated alkanes) is 52. The molecule has 85 heavy (non-hydrogen) atoms. The molecule has 1 aliphatic rings. The number of nitrogens with one attached hydrogen (secondary N) is 1. The molecular weight excluding hydrogens is 1060 g/mol. The molecule has 8 unspecified atom stereocenters. The van der Waals surface area contributed by atoms with Gasteiger partial charge in [0.15, 0.2) is 12.4 Å². The zero-order chi connectivity index (χ0) is 61.7. The summed E-state index contributed by atoms with van der Waals surface area (Å²) in [6.45, 7) is 5.88. The number of rotatable bonds is 66. The van der Waals surface area contributed by atoms with Crippen LogP contribution in [0.15, 0.2) is 12.2 Å². The molecule has 0 spiro atoms. The third-order valence-electron chi connectivity index (χ3n) is 18.2. The van der Waals surface area contributed by atoms with E-state index in [1.165, 1.54) is 283 Å². The van der Waals surface area contributed by atoms with Crippen molar-refractivity contribution in [1.82, 2.24) is 5.32 Å². The third kappa shape index (κ3) is 49.8. The molecule has 11 heteroatoms. The smallest absolute Gasteiger partial charge is 0.306 e. The van der Waals surface area contributed by atoms with E-state index in [4.69, 9.17) is 14.2 Å². The minimum Gasteiger partial charge on any atom is -0.454 e. The maximum atomic E-state index is 13.5. The van der Waals surface area contributed by atoms with Crippen molar-refractivity contribution in [2.24, 2.45) is 0 Å². The SMILES string of the molecule is CCCCCCCCCCCCC/C=C/C(O)C(COC1OC(CO)C(O)C(O)C1OC(=O)CCCCCCCCCCCCCCCCCCCCCCC)NC(=O)C(O)CCCCCCCCCCCCCCCCCCCCCCCC. The highest BCUT2D eigenvalue weighted by Gasteiger charge is 2.47. The van der Waals surface area contributed by atoms with Crippen LogP contribution in [0.2, 0.25) is 0 Å². The molecule has 0 aromatic rings. The highest BCUT2D eigenvalue weighted by atomic mass is 16.7. The van der Waals surface area contributed by atoms with Gasteiger partial charge in [-0.15, -0.1) is 0 Å². The monoisotopic (exact) mass is 1210 g/mol. The van der Waals surface area contributed by atoms with Crippen LogP contribution in [0.5, 0.6) is 0 Å². The van der Waals surface area contributed by atoms with E-state index >= 15 is 0 Å². The summed E-state index contributed by atoms with van der Waals surface area (Å²) in [6.07, 6.45) is 64.0. The number of carbonyl (C=O) groups excluding carboxylic acids is 2. The maximum Gasteiger partial charge on any atom is 0.306 e. The Morgan fingerprint density at radius 3 is 1.11 bits per heavy atom. The van der Waals surface area contributed by atoms with Gasteiger partial charge in [-0.1, -0.05) is 367 Å². The van der Waals surface area contributed by atoms with Gasteiger partial charge in [0, 0.05) is 6.42 Å². The molecule has 0 saturated carbocycles. The van der Waals surface area contributed by atoms with Crippen LogP contribution < -0.4 is 5.32 Å². The van der Waals surface area contributed by atoms with Crippen molar-refractivity contribution < 1.29 is 49.3 Å². The summed E-state index contributed by atoms with van der Waals surface area (Å²) in [7, 11) is 0. The summed E-state index contributed by atoms with van der Waals surface area (Å²) < 4.78 is 17.7. The topological polar surface area (TPSA) is 175 Å². The zero-order valence-corrected chi connectivity index (χ0v) is 56.3. The first-order valence-electron chi connectivity index (χ1n) is 37.5. The molecule has 8 atom stereocenters. The van der Waals surface area contributed by atoms with Gasteiger partial charge in [-0.3, -0.25) is 9.59 Å². The van der Waals surface area contributed by atoms with Gasteiger partial charge in [-0.2, -0.15) is 0 Å². The number of hydrogen-bond acceptors (Lipinski definition) is 10. The summed E-state index contributed by atoms with van der Waals surface area (Å²) in [5.74, 6) is -1.17. The van der Waals surface area contributed by atoms with E-state index in [2.05, 4.69) is 26.1 Å². The third-order valence-corrected chi connectivity index (χ3v) is 18.2. The number of hydrogen-bond donors (Lipinski definition) is 6. The van der Waals surface area contributed by atoms with Gasteiger partial charge in [0.1, 0.15) is 24.4 Å². The Morgan fingerprint density at radius 2 is 0.765 bits per heavy atom. The van der Waals surface area contributed by atoms with Gasteiger partial charge >= 0.3 is 5.97 Å². The van der Waals surface area contributed by atoms with Crippen LogP contribution in [0, 0.1) is 0 Å². The number of allylic oxidation sites excluding steroid dienone is 1. The van der Waals surface area contributed by atoms with Crippen LogP contribution in [0.1, 0.15) is 387 Å². The molecule has 1 saturated heterocycles. The molecule has 1 aliphatic heterocycles. The minimum atomic E-state index is -1.61. The van der Waals surface area contributed by atoms with E-state index in [1.807, 2.05) is 6.08 Å². The van der Waals surface area contributed by atoms with Crippen LogP contribution in [0.25, 0.3) is 0 Å². The second-order valence-corrected chi connectivity index (χ2v) is 26.4. The fourth-order valence-corrected chi connectivity index (χ4v) is 12.3. The first kappa shape index (κ1) is 81.4. The predicted molar refractivity (Wildman–Crippen MR) is 357 cm³/mol. The van der Waals surface area contributed by atoms with E-state index < -0.39 is 67.4 Å². The maximum absolute atomic E-state index is 13.5. The molecule has 6 N–H and O–H groups in total. The minimum absolute atomic E-state index is 0.132. The van der Waals surface area contributed by atoms with E-state index in [9.17, 15) is 35.1 Å². The van der Waals surface area contributed by atoms with Crippen molar-refractivity contribution in [1.29, 1.82) is 0 Å². The molecule has 0 aliphatic carbocycles. The molecule has 11 nitrogen and oxygen atoms in total. The molecule has 1 fully saturated rings. The first-order chi connectivity index (χ1) is 41.7. The van der Waals surface area contributed by atoms with Gasteiger partial charge in [-0.25, -0.2) is 0 Å². The normalized spacial score (nSPS) is 18.3. The molecule has 504 valence electrons. The fraction of sp³-hybridized carbons (Fsp3) is 0.946. The van der Waals surface area contributed by atoms with Crippen LogP contribution in [-0.2, 0) is 23.8 Å². The van der Waals surface area contributed by atoms with E-state index in [1.54, 1.807) is 6.08 Å². The van der Waals surface area contributed by atoms with Crippen molar-refractivity contribution in [2.45, 2.75) is 436 Å². The summed E-state index contributed by atoms with van der Waals surface area (Å²) in [5, 5.41) is 57.3. The molecule has 1 amide bonds. The second kappa shape index (κ2) is 62.6. The van der Waals surface area contributed by atoms with Gasteiger partial charge in [0.2, 0.25) is 5.91 Å². The van der Waals surface area contributed by atoms with Gasteiger partial charge in [0.05, 0.1) is 25.4 Å². The highest BCUT2D eigenvalue weighted by Crippen LogP contribution is 2.27. The summed E-state index contributed by atoms with van der Waals surface area (Å²) in [5.41, 5.74) is 0. The molecule has 1 heterocycles. The Balaban J connectivity index is 2.55. The van der Waals surface area contributed by atoms with Crippen molar-refractivity contribution in [3.8, 4) is 0 Å². The Bertz CT molecular complexity index is 1430. The zero-order valence-electron chi connectivity index (χ0n) is 56.3. The Hall–Kier alpha value is -1.60. The molecule has 0 aromatic carbocycles. The Kier molecular flexibility index (Phi) is 59.9. The lowest BCUT2D eigenvalue weighted by molar-refractivity contribution is -0.305. The Labute approximate surface area is 525 Å². The lowest BCUT2D eigenvalue weighted by Gasteiger charge is -2.41. The molecule has 1 rings (SSSR count). The van der Waals surface area contributed by atoms with Crippen molar-refractivity contribution in [3.63, 3.8) is 0 Å². The van der Waals surface area contributed by atoms with Crippen molar-refractivity contribution in [2.75, 3.05) is 13.2 Å². The van der Waals surface area contributed by atoms with Crippen LogP contribution in [0.3, 0.4) is 0 Å². The summed E-state index contributed by atoms with van der Waals surface area (Å²) >= 11 is 0. The average molecular weight is 1210 g/mol. The number of aliphatic hydroxyl groups is 5. The molecular formula is C74H143NO10. The fourth-order valence-electron chi connectivity index (χ4n) is 12.3. The number of amides is 1.